The van der Waals surface area contributed by atoms with Gasteiger partial charge in [0.15, 0.2) is 0 Å². The number of anilines is 1. The summed E-state index contributed by atoms with van der Waals surface area (Å²) in [6.07, 6.45) is 3.24. The Labute approximate surface area is 124 Å². The summed E-state index contributed by atoms with van der Waals surface area (Å²) in [5.41, 5.74) is 2.58. The van der Waals surface area contributed by atoms with Crippen LogP contribution in [-0.2, 0) is 16.0 Å². The number of carbonyl (C=O) groups is 2. The first kappa shape index (κ1) is 14.1. The van der Waals surface area contributed by atoms with Gasteiger partial charge >= 0.3 is 0 Å². The van der Waals surface area contributed by atoms with Crippen molar-refractivity contribution in [2.24, 2.45) is 0 Å². The van der Waals surface area contributed by atoms with Crippen LogP contribution in [0.15, 0.2) is 18.2 Å². The second-order valence-electron chi connectivity index (χ2n) is 5.67. The highest BCUT2D eigenvalue weighted by atomic mass is 16.5. The van der Waals surface area contributed by atoms with Gasteiger partial charge in [0.1, 0.15) is 0 Å². The first-order valence-corrected chi connectivity index (χ1v) is 7.42. The van der Waals surface area contributed by atoms with Gasteiger partial charge in [-0.1, -0.05) is 0 Å². The van der Waals surface area contributed by atoms with Gasteiger partial charge in [0, 0.05) is 37.9 Å². The van der Waals surface area contributed by atoms with Crippen LogP contribution < -0.4 is 5.32 Å². The molecule has 1 saturated heterocycles. The molecule has 1 aromatic rings. The molecule has 1 N–H and O–H groups in total. The largest absolute Gasteiger partial charge is 0.380 e. The molecular formula is C16H20N2O3. The molecule has 2 heterocycles. The van der Waals surface area contributed by atoms with E-state index in [1.54, 1.807) is 13.2 Å². The van der Waals surface area contributed by atoms with Crippen LogP contribution in [0.5, 0.6) is 0 Å². The van der Waals surface area contributed by atoms with E-state index in [1.807, 2.05) is 17.0 Å². The van der Waals surface area contributed by atoms with E-state index in [4.69, 9.17) is 4.74 Å². The number of hydrogen-bond donors (Lipinski definition) is 1. The second kappa shape index (κ2) is 5.85. The molecule has 0 saturated carbocycles. The third kappa shape index (κ3) is 2.93. The summed E-state index contributed by atoms with van der Waals surface area (Å²) in [5, 5.41) is 2.89. The van der Waals surface area contributed by atoms with E-state index in [9.17, 15) is 9.59 Å². The molecule has 3 rings (SSSR count). The minimum Gasteiger partial charge on any atom is -0.380 e. The van der Waals surface area contributed by atoms with Gasteiger partial charge in [-0.25, -0.2) is 0 Å². The molecule has 2 amide bonds. The fourth-order valence-corrected chi connectivity index (χ4v) is 3.00. The number of nitrogens with zero attached hydrogens (tertiary/aromatic N) is 1. The van der Waals surface area contributed by atoms with Crippen molar-refractivity contribution in [3.8, 4) is 0 Å². The number of nitrogens with one attached hydrogen (secondary N) is 1. The Balaban J connectivity index is 1.79. The molecule has 0 radical (unpaired) electrons. The van der Waals surface area contributed by atoms with Crippen LogP contribution >= 0.6 is 0 Å². The molecule has 1 unspecified atom stereocenters. The molecular weight excluding hydrogens is 268 g/mol. The van der Waals surface area contributed by atoms with Gasteiger partial charge in [-0.05, 0) is 43.0 Å². The lowest BCUT2D eigenvalue weighted by Crippen LogP contribution is -2.30. The summed E-state index contributed by atoms with van der Waals surface area (Å²) in [7, 11) is 1.68. The van der Waals surface area contributed by atoms with E-state index in [0.717, 1.165) is 37.1 Å². The zero-order valence-electron chi connectivity index (χ0n) is 12.2. The maximum Gasteiger partial charge on any atom is 0.253 e. The summed E-state index contributed by atoms with van der Waals surface area (Å²) in [4.78, 5) is 25.9. The van der Waals surface area contributed by atoms with Crippen molar-refractivity contribution in [3.63, 3.8) is 0 Å². The third-order valence-electron chi connectivity index (χ3n) is 4.24. The molecule has 112 valence electrons. The Kier molecular flexibility index (Phi) is 3.92. The van der Waals surface area contributed by atoms with Crippen LogP contribution in [0.25, 0.3) is 0 Å². The monoisotopic (exact) mass is 288 g/mol. The zero-order chi connectivity index (χ0) is 14.8. The highest BCUT2D eigenvalue weighted by Crippen LogP contribution is 2.24. The van der Waals surface area contributed by atoms with Gasteiger partial charge in [0.2, 0.25) is 5.91 Å². The van der Waals surface area contributed by atoms with Crippen molar-refractivity contribution in [2.45, 2.75) is 31.8 Å². The van der Waals surface area contributed by atoms with Crippen molar-refractivity contribution in [3.05, 3.63) is 29.3 Å². The summed E-state index contributed by atoms with van der Waals surface area (Å²) in [5.74, 6) is 0.100. The molecule has 5 nitrogen and oxygen atoms in total. The predicted octanol–water partition coefficient (Wildman–Crippen LogP) is 1.82. The Morgan fingerprint density at radius 3 is 3.00 bits per heavy atom. The van der Waals surface area contributed by atoms with Gasteiger partial charge in [-0.3, -0.25) is 9.59 Å². The fourth-order valence-electron chi connectivity index (χ4n) is 3.00. The lowest BCUT2D eigenvalue weighted by atomic mass is 10.0. The molecule has 5 heteroatoms. The Morgan fingerprint density at radius 2 is 2.24 bits per heavy atom. The fraction of sp³-hybridized carbons (Fsp3) is 0.500. The van der Waals surface area contributed by atoms with Crippen molar-refractivity contribution in [1.82, 2.24) is 4.90 Å². The van der Waals surface area contributed by atoms with Gasteiger partial charge < -0.3 is 15.0 Å². The standard InChI is InChI=1S/C16H20N2O3/c1-21-13-7-8-18(10-13)16(20)12-5-6-14-11(9-12)3-2-4-15(19)17-14/h5-6,9,13H,2-4,7-8,10H2,1H3,(H,17,19). The molecule has 1 atom stereocenters. The number of benzene rings is 1. The van der Waals surface area contributed by atoms with E-state index in [1.165, 1.54) is 0 Å². The summed E-state index contributed by atoms with van der Waals surface area (Å²) >= 11 is 0. The SMILES string of the molecule is COC1CCN(C(=O)c2ccc3c(c2)CCCC(=O)N3)C1. The number of ether oxygens (including phenoxy) is 1. The number of likely N-dealkylation sites (tertiary alicyclic amines) is 1. The van der Waals surface area contributed by atoms with Crippen molar-refractivity contribution in [1.29, 1.82) is 0 Å². The number of aryl methyl sites for hydroxylation is 1. The molecule has 1 fully saturated rings. The molecule has 1 aromatic carbocycles. The van der Waals surface area contributed by atoms with Crippen LogP contribution in [0.1, 0.15) is 35.2 Å². The van der Waals surface area contributed by atoms with Gasteiger partial charge in [-0.15, -0.1) is 0 Å². The molecule has 2 aliphatic rings. The summed E-state index contributed by atoms with van der Waals surface area (Å²) in [6.45, 7) is 1.40. The number of methoxy groups -OCH3 is 1. The second-order valence-corrected chi connectivity index (χ2v) is 5.67. The van der Waals surface area contributed by atoms with E-state index in [0.29, 0.717) is 18.5 Å². The topological polar surface area (TPSA) is 58.6 Å². The number of carbonyl (C=O) groups excluding carboxylic acids is 2. The normalized spacial score (nSPS) is 21.7. The third-order valence-corrected chi connectivity index (χ3v) is 4.24. The molecule has 0 aliphatic carbocycles. The van der Waals surface area contributed by atoms with Crippen LogP contribution in [-0.4, -0.2) is 43.0 Å². The zero-order valence-corrected chi connectivity index (χ0v) is 12.2. The van der Waals surface area contributed by atoms with E-state index in [2.05, 4.69) is 5.32 Å². The predicted molar refractivity (Wildman–Crippen MR) is 79.3 cm³/mol. The lowest BCUT2D eigenvalue weighted by Gasteiger charge is -2.17. The Morgan fingerprint density at radius 1 is 1.38 bits per heavy atom. The van der Waals surface area contributed by atoms with E-state index in [-0.39, 0.29) is 17.9 Å². The Bertz CT molecular complexity index is 571. The van der Waals surface area contributed by atoms with Crippen molar-refractivity contribution >= 4 is 17.5 Å². The molecule has 21 heavy (non-hydrogen) atoms. The van der Waals surface area contributed by atoms with Gasteiger partial charge in [-0.2, -0.15) is 0 Å². The quantitative estimate of drug-likeness (QED) is 0.903. The molecule has 0 aromatic heterocycles. The number of hydrogen-bond acceptors (Lipinski definition) is 3. The molecule has 0 bridgehead atoms. The highest BCUT2D eigenvalue weighted by Gasteiger charge is 2.27. The summed E-state index contributed by atoms with van der Waals surface area (Å²) in [6, 6.07) is 5.56. The van der Waals surface area contributed by atoms with Crippen LogP contribution in [0, 0.1) is 0 Å². The maximum absolute atomic E-state index is 12.5. The van der Waals surface area contributed by atoms with Gasteiger partial charge in [0.05, 0.1) is 6.10 Å². The van der Waals surface area contributed by atoms with Crippen molar-refractivity contribution in [2.75, 3.05) is 25.5 Å². The average molecular weight is 288 g/mol. The van der Waals surface area contributed by atoms with Crippen LogP contribution in [0.3, 0.4) is 0 Å². The maximum atomic E-state index is 12.5. The smallest absolute Gasteiger partial charge is 0.253 e. The van der Waals surface area contributed by atoms with Gasteiger partial charge in [0.25, 0.3) is 5.91 Å². The lowest BCUT2D eigenvalue weighted by molar-refractivity contribution is -0.116. The van der Waals surface area contributed by atoms with E-state index < -0.39 is 0 Å². The number of rotatable bonds is 2. The minimum atomic E-state index is 0.0490. The Hall–Kier alpha value is -1.88. The first-order chi connectivity index (χ1) is 10.2. The summed E-state index contributed by atoms with van der Waals surface area (Å²) < 4.78 is 5.30. The highest BCUT2D eigenvalue weighted by molar-refractivity contribution is 5.97. The molecule has 0 spiro atoms. The average Bonchev–Trinajstić information content (AvgIpc) is 2.89. The van der Waals surface area contributed by atoms with E-state index >= 15 is 0 Å². The first-order valence-electron chi connectivity index (χ1n) is 7.42. The van der Waals surface area contributed by atoms with Crippen LogP contribution in [0.2, 0.25) is 0 Å². The number of fused-ring (bicyclic) bond motifs is 1. The van der Waals surface area contributed by atoms with Crippen molar-refractivity contribution < 1.29 is 14.3 Å². The molecule has 2 aliphatic heterocycles. The number of amides is 2. The minimum absolute atomic E-state index is 0.0490. The van der Waals surface area contributed by atoms with Crippen LogP contribution in [0.4, 0.5) is 5.69 Å².